The van der Waals surface area contributed by atoms with Gasteiger partial charge in [0.05, 0.1) is 84.5 Å². The van der Waals surface area contributed by atoms with Crippen LogP contribution in [0.4, 0.5) is 0 Å². The van der Waals surface area contributed by atoms with E-state index < -0.39 is 221 Å². The molecule has 0 unspecified atom stereocenters. The van der Waals surface area contributed by atoms with Crippen LogP contribution >= 0.6 is 23.2 Å². The number of nitrogens with zero attached hydrogens (tertiary/aromatic N) is 9. The summed E-state index contributed by atoms with van der Waals surface area (Å²) in [6.45, 7) is 1.05. The highest BCUT2D eigenvalue weighted by Crippen LogP contribution is 2.43. The lowest BCUT2D eigenvalue weighted by atomic mass is 9.97. The molecule has 6 aromatic carbocycles. The van der Waals surface area contributed by atoms with E-state index in [1.54, 1.807) is 109 Å². The average Bonchev–Trinajstić information content (AvgIpc) is 1.63. The number of rotatable bonds is 32. The van der Waals surface area contributed by atoms with E-state index in [4.69, 9.17) is 104 Å². The average molecular weight is 1680 g/mol. The Hall–Kier alpha value is -12.1. The summed E-state index contributed by atoms with van der Waals surface area (Å²) in [6, 6.07) is 46.2. The zero-order valence-electron chi connectivity index (χ0n) is 63.6. The molecule has 8 aromatic rings. The monoisotopic (exact) mass is 1680 g/mol. The van der Waals surface area contributed by atoms with Crippen molar-refractivity contribution in [2.45, 2.75) is 169 Å². The first-order chi connectivity index (χ1) is 57.4. The summed E-state index contributed by atoms with van der Waals surface area (Å²) in [6.07, 6.45) is -26.2. The van der Waals surface area contributed by atoms with Gasteiger partial charge in [-0.2, -0.15) is 0 Å². The van der Waals surface area contributed by atoms with Gasteiger partial charge in [0.25, 0.3) is 0 Å². The fourth-order valence-corrected chi connectivity index (χ4v) is 13.8. The molecule has 0 amide bonds. The highest BCUT2D eigenvalue weighted by Gasteiger charge is 2.63. The molecule has 37 nitrogen and oxygen atoms in total. The minimum Gasteiger partial charge on any atom is -0.463 e. The molecule has 2 aromatic heterocycles. The highest BCUT2D eigenvalue weighted by molar-refractivity contribution is 6.21. The van der Waals surface area contributed by atoms with E-state index in [1.807, 2.05) is 0 Å². The van der Waals surface area contributed by atoms with E-state index in [1.165, 1.54) is 94.6 Å². The SMILES string of the molecule is CC(=O)OC[C@H]1O[C@H](O[C@]2(CCl)O[C@H](Cn3cc(CO[C@H]4O[C@H](Cn5cc(CO[C@H]6O[C@H](CN=[N+]=[N-])[C@@H](OC(=O)c7ccccc7)[C@H](OC(=O)c7ccccc7)[C@@H]6OC(=O)c6ccccc6)nn5)[C@@H](OC(=O)c5ccccc5)[C@H](OC(=O)c5ccccc5)[C@@H]4OC(=O)c4ccccc4)nn3)[C@@H](OC(C)=O)[C@@H]2OC(C)=O)[C@H](O)[C@@H](OC(C)=O)[C@H]1Cl. The van der Waals surface area contributed by atoms with Gasteiger partial charge in [0.15, 0.2) is 73.8 Å². The zero-order valence-corrected chi connectivity index (χ0v) is 65.1. The van der Waals surface area contributed by atoms with Gasteiger partial charge < -0.3 is 85.6 Å². The van der Waals surface area contributed by atoms with Gasteiger partial charge in [-0.1, -0.05) is 125 Å². The number of aliphatic hydroxyl groups is 1. The number of hydrogen-bond donors (Lipinski definition) is 1. The molecule has 4 aliphatic rings. The van der Waals surface area contributed by atoms with Crippen molar-refractivity contribution in [3.05, 3.63) is 250 Å². The number of aliphatic hydroxyl groups excluding tert-OH is 1. The molecule has 4 saturated heterocycles. The first kappa shape index (κ1) is 86.2. The van der Waals surface area contributed by atoms with Crippen LogP contribution in [0.15, 0.2) is 199 Å². The molecular weight excluding hydrogens is 1610 g/mol. The maximum Gasteiger partial charge on any atom is 0.338 e. The Balaban J connectivity index is 0.867. The number of esters is 10. The van der Waals surface area contributed by atoms with Gasteiger partial charge in [-0.15, -0.1) is 33.4 Å². The van der Waals surface area contributed by atoms with Crippen LogP contribution in [0, 0.1) is 0 Å². The maximum atomic E-state index is 14.7. The predicted octanol–water partition coefficient (Wildman–Crippen LogP) is 7.12. The summed E-state index contributed by atoms with van der Waals surface area (Å²) in [5, 5.41) is 31.3. The molecule has 0 spiro atoms. The second-order valence-electron chi connectivity index (χ2n) is 27.1. The number of azide groups is 1. The molecule has 1 N–H and O–H groups in total. The van der Waals surface area contributed by atoms with Crippen molar-refractivity contribution in [1.29, 1.82) is 0 Å². The van der Waals surface area contributed by atoms with Crippen molar-refractivity contribution in [3.8, 4) is 0 Å². The quantitative estimate of drug-likeness (QED) is 0.0109. The fraction of sp³-hybridized carbons (Fsp3) is 0.375. The summed E-state index contributed by atoms with van der Waals surface area (Å²) in [5.74, 6) is -12.4. The third kappa shape index (κ3) is 22.0. The lowest BCUT2D eigenvalue weighted by Gasteiger charge is -2.44. The molecule has 0 bridgehead atoms. The van der Waals surface area contributed by atoms with E-state index >= 15 is 0 Å². The Labute approximate surface area is 686 Å². The summed E-state index contributed by atoms with van der Waals surface area (Å²) in [7, 11) is 0. The van der Waals surface area contributed by atoms with Crippen LogP contribution in [0.5, 0.6) is 0 Å². The number of carbonyl (C=O) groups is 10. The standard InChI is InChI=1S/C80H77Cl2N9O28/c1-44(92)103-42-59-60(82)65(107-46(3)94)61(96)77(111-59)119-80(43-81)70(108-47(4)95)64(106-45(2)93)58(118-80)39-91-37-55(86-89-91)41-105-79-69(117-76(102)53-33-21-10-22-34-53)67(115-74(100)51-29-17-8-18-30-51)63(113-72(98)49-25-13-6-14-26-49)57(110-79)38-90-36-54(85-88-90)40-104-78-68(116-75(101)52-31-19-9-20-32-52)66(114-73(99)50-27-15-7-16-28-50)62(56(109-78)35-84-87-83)112-71(97)48-23-11-5-12-24-48/h5-34,36-37,56-70,77-79,96H,35,38-43H2,1-4H3/t56-,57-,58-,59-,60+,61-,62-,63-,64-,65+,66+,67+,68+,69+,70+,77-,78+,79+,80+/m1/s1. The van der Waals surface area contributed by atoms with Crippen LogP contribution in [0.2, 0.25) is 0 Å². The normalized spacial score (nSPS) is 26.3. The van der Waals surface area contributed by atoms with Gasteiger partial charge >= 0.3 is 59.7 Å². The van der Waals surface area contributed by atoms with Crippen molar-refractivity contribution >= 4 is 82.9 Å². The summed E-state index contributed by atoms with van der Waals surface area (Å²) in [5.41, 5.74) is 9.82. The third-order valence-corrected chi connectivity index (χ3v) is 19.5. The Morgan fingerprint density at radius 1 is 0.445 bits per heavy atom. The van der Waals surface area contributed by atoms with Crippen molar-refractivity contribution in [3.63, 3.8) is 0 Å². The van der Waals surface area contributed by atoms with Gasteiger partial charge in [-0.05, 0) is 78.3 Å². The van der Waals surface area contributed by atoms with Crippen molar-refractivity contribution in [2.75, 3.05) is 19.0 Å². The maximum absolute atomic E-state index is 14.7. The third-order valence-electron chi connectivity index (χ3n) is 18.6. The largest absolute Gasteiger partial charge is 0.463 e. The summed E-state index contributed by atoms with van der Waals surface area (Å²) >= 11 is 13.3. The van der Waals surface area contributed by atoms with Gasteiger partial charge in [-0.3, -0.25) is 19.2 Å². The van der Waals surface area contributed by atoms with Crippen molar-refractivity contribution in [1.82, 2.24) is 30.0 Å². The molecule has 0 aliphatic carbocycles. The first-order valence-electron chi connectivity index (χ1n) is 36.9. The summed E-state index contributed by atoms with van der Waals surface area (Å²) < 4.78 is 107. The van der Waals surface area contributed by atoms with Gasteiger partial charge in [0, 0.05) is 32.6 Å². The van der Waals surface area contributed by atoms with Crippen molar-refractivity contribution in [2.24, 2.45) is 5.11 Å². The Bertz CT molecular complexity index is 4890. The molecule has 119 heavy (non-hydrogen) atoms. The molecule has 12 rings (SSSR count). The van der Waals surface area contributed by atoms with Crippen LogP contribution in [-0.2, 0) is 126 Å². The van der Waals surface area contributed by atoms with Crippen LogP contribution < -0.4 is 0 Å². The predicted molar refractivity (Wildman–Crippen MR) is 402 cm³/mol. The number of ether oxygens (including phenoxy) is 17. The molecular formula is C80H77Cl2N9O28. The number of benzene rings is 6. The summed E-state index contributed by atoms with van der Waals surface area (Å²) in [4.78, 5) is 140. The van der Waals surface area contributed by atoms with Gasteiger partial charge in [0.2, 0.25) is 5.79 Å². The smallest absolute Gasteiger partial charge is 0.338 e. The Morgan fingerprint density at radius 3 is 1.18 bits per heavy atom. The molecule has 39 heteroatoms. The van der Waals surface area contributed by atoms with Crippen LogP contribution in [0.1, 0.15) is 101 Å². The highest BCUT2D eigenvalue weighted by atomic mass is 35.5. The Kier molecular flexibility index (Phi) is 29.2. The molecule has 4 aliphatic heterocycles. The topological polar surface area (TPSA) is 458 Å². The van der Waals surface area contributed by atoms with E-state index in [0.29, 0.717) is 0 Å². The van der Waals surface area contributed by atoms with Crippen LogP contribution in [0.25, 0.3) is 10.4 Å². The minimum atomic E-state index is -2.40. The molecule has 624 valence electrons. The van der Waals surface area contributed by atoms with Crippen LogP contribution in [-0.4, -0.2) is 229 Å². The van der Waals surface area contributed by atoms with Crippen LogP contribution in [0.3, 0.4) is 0 Å². The number of halogens is 2. The molecule has 0 saturated carbocycles. The van der Waals surface area contributed by atoms with E-state index in [-0.39, 0.29) is 44.8 Å². The molecule has 0 radical (unpaired) electrons. The van der Waals surface area contributed by atoms with E-state index in [2.05, 4.69) is 30.7 Å². The molecule has 6 heterocycles. The number of alkyl halides is 2. The number of carbonyl (C=O) groups excluding carboxylic acids is 10. The number of hydrogen-bond acceptors (Lipinski definition) is 33. The first-order valence-corrected chi connectivity index (χ1v) is 37.9. The van der Waals surface area contributed by atoms with E-state index in [9.17, 15) is 58.6 Å². The zero-order chi connectivity index (χ0) is 84.3. The lowest BCUT2D eigenvalue weighted by molar-refractivity contribution is -0.359. The van der Waals surface area contributed by atoms with Gasteiger partial charge in [0.1, 0.15) is 53.9 Å². The molecule has 4 fully saturated rings. The second kappa shape index (κ2) is 40.3. The van der Waals surface area contributed by atoms with E-state index in [0.717, 1.165) is 27.7 Å². The minimum absolute atomic E-state index is 0.00175. The van der Waals surface area contributed by atoms with Gasteiger partial charge in [-0.25, -0.2) is 38.1 Å². The second-order valence-corrected chi connectivity index (χ2v) is 27.9. The lowest BCUT2D eigenvalue weighted by Crippen LogP contribution is -2.62. The Morgan fingerprint density at radius 2 is 0.798 bits per heavy atom. The van der Waals surface area contributed by atoms with Crippen molar-refractivity contribution < 1.29 is 134 Å². The molecule has 19 atom stereocenters. The fourth-order valence-electron chi connectivity index (χ4n) is 13.2. The number of aromatic nitrogens is 6.